The standard InChI is InChI=1S/C15H16N2O2S/c1-11(12-5-3-6-13(9-12)19-2)16-17-15(18)10-14-7-4-8-20-14/h3-9H,10H2,1-2H3,(H,17,18)/b16-11+. The lowest BCUT2D eigenvalue weighted by Crippen LogP contribution is -2.20. The number of hydrogen-bond acceptors (Lipinski definition) is 4. The maximum absolute atomic E-state index is 11.7. The van der Waals surface area contributed by atoms with E-state index in [0.717, 1.165) is 21.9 Å². The van der Waals surface area contributed by atoms with Crippen molar-refractivity contribution in [3.8, 4) is 5.75 Å². The van der Waals surface area contributed by atoms with Gasteiger partial charge in [0.2, 0.25) is 5.91 Å². The van der Waals surface area contributed by atoms with Crippen LogP contribution in [0.1, 0.15) is 17.4 Å². The highest BCUT2D eigenvalue weighted by atomic mass is 32.1. The minimum atomic E-state index is -0.116. The van der Waals surface area contributed by atoms with Gasteiger partial charge in [-0.15, -0.1) is 11.3 Å². The van der Waals surface area contributed by atoms with Gasteiger partial charge in [0.25, 0.3) is 0 Å². The Bertz CT molecular complexity index is 606. The van der Waals surface area contributed by atoms with Gasteiger partial charge in [-0.3, -0.25) is 4.79 Å². The molecule has 1 amide bonds. The van der Waals surface area contributed by atoms with Crippen molar-refractivity contribution in [1.82, 2.24) is 5.43 Å². The smallest absolute Gasteiger partial charge is 0.245 e. The molecule has 1 aromatic carbocycles. The number of methoxy groups -OCH3 is 1. The fourth-order valence-corrected chi connectivity index (χ4v) is 2.37. The molecule has 2 aromatic rings. The van der Waals surface area contributed by atoms with Crippen molar-refractivity contribution in [1.29, 1.82) is 0 Å². The Balaban J connectivity index is 1.97. The predicted octanol–water partition coefficient (Wildman–Crippen LogP) is 2.84. The number of hydrazone groups is 1. The number of amides is 1. The van der Waals surface area contributed by atoms with E-state index in [1.165, 1.54) is 0 Å². The molecule has 5 heteroatoms. The van der Waals surface area contributed by atoms with Gasteiger partial charge in [-0.1, -0.05) is 18.2 Å². The second-order valence-electron chi connectivity index (χ2n) is 4.22. The fourth-order valence-electron chi connectivity index (χ4n) is 1.67. The third-order valence-electron chi connectivity index (χ3n) is 2.75. The van der Waals surface area contributed by atoms with Gasteiger partial charge >= 0.3 is 0 Å². The third kappa shape index (κ3) is 3.93. The molecule has 0 fully saturated rings. The van der Waals surface area contributed by atoms with Crippen LogP contribution < -0.4 is 10.2 Å². The first-order chi connectivity index (χ1) is 9.69. The van der Waals surface area contributed by atoms with E-state index < -0.39 is 0 Å². The Kier molecular flexibility index (Phi) is 4.90. The normalized spacial score (nSPS) is 11.2. The number of nitrogens with zero attached hydrogens (tertiary/aromatic N) is 1. The lowest BCUT2D eigenvalue weighted by molar-refractivity contribution is -0.120. The first-order valence-electron chi connectivity index (χ1n) is 6.19. The van der Waals surface area contributed by atoms with Crippen LogP contribution in [0.2, 0.25) is 0 Å². The van der Waals surface area contributed by atoms with Crippen LogP contribution in [-0.2, 0) is 11.2 Å². The van der Waals surface area contributed by atoms with E-state index in [1.54, 1.807) is 18.4 Å². The molecule has 0 spiro atoms. The average molecular weight is 288 g/mol. The average Bonchev–Trinajstić information content (AvgIpc) is 2.97. The molecular formula is C15H16N2O2S. The molecule has 0 radical (unpaired) electrons. The zero-order valence-corrected chi connectivity index (χ0v) is 12.2. The van der Waals surface area contributed by atoms with Crippen molar-refractivity contribution < 1.29 is 9.53 Å². The minimum Gasteiger partial charge on any atom is -0.497 e. The number of benzene rings is 1. The SMILES string of the molecule is COc1cccc(/C(C)=N/NC(=O)Cc2cccs2)c1. The highest BCUT2D eigenvalue weighted by molar-refractivity contribution is 7.10. The molecule has 0 aliphatic carbocycles. The molecule has 0 atom stereocenters. The number of carbonyl (C=O) groups excluding carboxylic acids is 1. The van der Waals surface area contributed by atoms with Crippen LogP contribution in [-0.4, -0.2) is 18.7 Å². The summed E-state index contributed by atoms with van der Waals surface area (Å²) >= 11 is 1.56. The monoisotopic (exact) mass is 288 g/mol. The molecule has 104 valence electrons. The first-order valence-corrected chi connectivity index (χ1v) is 7.07. The summed E-state index contributed by atoms with van der Waals surface area (Å²) in [6.45, 7) is 1.85. The minimum absolute atomic E-state index is 0.116. The summed E-state index contributed by atoms with van der Waals surface area (Å²) in [6.07, 6.45) is 0.354. The van der Waals surface area contributed by atoms with E-state index in [4.69, 9.17) is 4.74 Å². The quantitative estimate of drug-likeness (QED) is 0.679. The van der Waals surface area contributed by atoms with Crippen LogP contribution in [0.4, 0.5) is 0 Å². The molecule has 0 unspecified atom stereocenters. The zero-order chi connectivity index (χ0) is 14.4. The molecule has 0 bridgehead atoms. The number of rotatable bonds is 5. The third-order valence-corrected chi connectivity index (χ3v) is 3.63. The van der Waals surface area contributed by atoms with Gasteiger partial charge in [0.1, 0.15) is 5.75 Å². The largest absolute Gasteiger partial charge is 0.497 e. The highest BCUT2D eigenvalue weighted by Crippen LogP contribution is 2.13. The van der Waals surface area contributed by atoms with E-state index in [-0.39, 0.29) is 5.91 Å². The van der Waals surface area contributed by atoms with Crippen molar-refractivity contribution >= 4 is 23.0 Å². The molecule has 1 N–H and O–H groups in total. The highest BCUT2D eigenvalue weighted by Gasteiger charge is 2.04. The van der Waals surface area contributed by atoms with E-state index in [2.05, 4.69) is 10.5 Å². The fraction of sp³-hybridized carbons (Fsp3) is 0.200. The van der Waals surface area contributed by atoms with Gasteiger partial charge in [-0.05, 0) is 30.5 Å². The number of carbonyl (C=O) groups is 1. The number of thiophene rings is 1. The lowest BCUT2D eigenvalue weighted by atomic mass is 10.1. The molecule has 1 aromatic heterocycles. The van der Waals surface area contributed by atoms with Crippen LogP contribution in [0.3, 0.4) is 0 Å². The van der Waals surface area contributed by atoms with Crippen molar-refractivity contribution in [2.45, 2.75) is 13.3 Å². The van der Waals surface area contributed by atoms with Crippen molar-refractivity contribution in [3.05, 3.63) is 52.2 Å². The summed E-state index contributed by atoms with van der Waals surface area (Å²) in [5.74, 6) is 0.650. The molecule has 20 heavy (non-hydrogen) atoms. The summed E-state index contributed by atoms with van der Waals surface area (Å²) in [5, 5.41) is 6.07. The Labute approximate surface area is 122 Å². The van der Waals surface area contributed by atoms with Gasteiger partial charge in [0, 0.05) is 10.4 Å². The van der Waals surface area contributed by atoms with Gasteiger partial charge in [0.05, 0.1) is 19.2 Å². The van der Waals surface area contributed by atoms with Crippen LogP contribution in [0, 0.1) is 0 Å². The molecule has 0 aliphatic heterocycles. The van der Waals surface area contributed by atoms with Gasteiger partial charge in [-0.2, -0.15) is 5.10 Å². The van der Waals surface area contributed by atoms with Crippen molar-refractivity contribution in [2.24, 2.45) is 5.10 Å². The van der Waals surface area contributed by atoms with Crippen LogP contribution in [0.25, 0.3) is 0 Å². The summed E-state index contributed by atoms with van der Waals surface area (Å²) < 4.78 is 5.16. The van der Waals surface area contributed by atoms with Gasteiger partial charge in [-0.25, -0.2) is 5.43 Å². The van der Waals surface area contributed by atoms with E-state index in [9.17, 15) is 4.79 Å². The van der Waals surface area contributed by atoms with E-state index in [1.807, 2.05) is 48.7 Å². The summed E-state index contributed by atoms with van der Waals surface area (Å²) in [4.78, 5) is 12.8. The maximum atomic E-state index is 11.7. The van der Waals surface area contributed by atoms with Crippen molar-refractivity contribution in [3.63, 3.8) is 0 Å². The zero-order valence-electron chi connectivity index (χ0n) is 11.4. The molecule has 0 saturated carbocycles. The Hall–Kier alpha value is -2.14. The van der Waals surface area contributed by atoms with E-state index >= 15 is 0 Å². The first kappa shape index (κ1) is 14.3. The van der Waals surface area contributed by atoms with Gasteiger partial charge in [0.15, 0.2) is 0 Å². The maximum Gasteiger partial charge on any atom is 0.245 e. The topological polar surface area (TPSA) is 50.7 Å². The van der Waals surface area contributed by atoms with Crippen LogP contribution >= 0.6 is 11.3 Å². The molecular weight excluding hydrogens is 272 g/mol. The molecule has 4 nitrogen and oxygen atoms in total. The Morgan fingerprint density at radius 3 is 2.90 bits per heavy atom. The second-order valence-corrected chi connectivity index (χ2v) is 5.25. The molecule has 1 heterocycles. The summed E-state index contributed by atoms with van der Waals surface area (Å²) in [5.41, 5.74) is 4.23. The number of nitrogens with one attached hydrogen (secondary N) is 1. The van der Waals surface area contributed by atoms with Crippen LogP contribution in [0.15, 0.2) is 46.9 Å². The lowest BCUT2D eigenvalue weighted by Gasteiger charge is -2.04. The summed E-state index contributed by atoms with van der Waals surface area (Å²) in [7, 11) is 1.62. The number of ether oxygens (including phenoxy) is 1. The molecule has 2 rings (SSSR count). The Morgan fingerprint density at radius 2 is 2.20 bits per heavy atom. The molecule has 0 aliphatic rings. The molecule has 0 saturated heterocycles. The summed E-state index contributed by atoms with van der Waals surface area (Å²) in [6, 6.07) is 11.4. The van der Waals surface area contributed by atoms with Crippen LogP contribution in [0.5, 0.6) is 5.75 Å². The van der Waals surface area contributed by atoms with Gasteiger partial charge < -0.3 is 4.74 Å². The van der Waals surface area contributed by atoms with E-state index in [0.29, 0.717) is 6.42 Å². The predicted molar refractivity (Wildman–Crippen MR) is 81.4 cm³/mol. The Morgan fingerprint density at radius 1 is 1.35 bits per heavy atom. The number of hydrogen-bond donors (Lipinski definition) is 1. The second kappa shape index (κ2) is 6.86. The van der Waals surface area contributed by atoms with Crippen molar-refractivity contribution in [2.75, 3.05) is 7.11 Å².